The Morgan fingerprint density at radius 1 is 0.594 bits per heavy atom. The average Bonchev–Trinajstić information content (AvgIpc) is 2.80. The van der Waals surface area contributed by atoms with Crippen molar-refractivity contribution >= 4 is 46.9 Å². The predicted molar refractivity (Wildman–Crippen MR) is 124 cm³/mol. The smallest absolute Gasteiger partial charge is 0.258 e. The summed E-state index contributed by atoms with van der Waals surface area (Å²) >= 11 is 11.8. The molecule has 4 aromatic rings. The summed E-state index contributed by atoms with van der Waals surface area (Å²) in [4.78, 5) is 38.1. The number of anilines is 2. The maximum atomic E-state index is 12.6. The van der Waals surface area contributed by atoms with E-state index in [1.54, 1.807) is 48.5 Å². The van der Waals surface area contributed by atoms with Gasteiger partial charge in [0.1, 0.15) is 0 Å². The van der Waals surface area contributed by atoms with Crippen LogP contribution in [0.25, 0.3) is 11.4 Å². The highest BCUT2D eigenvalue weighted by Crippen LogP contribution is 2.19. The number of amides is 2. The number of nitrogens with zero attached hydrogens (tertiary/aromatic N) is 3. The molecule has 1 heterocycles. The highest BCUT2D eigenvalue weighted by Gasteiger charge is 2.15. The monoisotopic (exact) mass is 463 g/mol. The van der Waals surface area contributed by atoms with Gasteiger partial charge in [0.15, 0.2) is 5.82 Å². The molecule has 0 aliphatic heterocycles. The van der Waals surface area contributed by atoms with Gasteiger partial charge in [-0.15, -0.1) is 0 Å². The van der Waals surface area contributed by atoms with Crippen LogP contribution in [0.4, 0.5) is 11.9 Å². The van der Waals surface area contributed by atoms with Crippen molar-refractivity contribution < 1.29 is 9.59 Å². The number of rotatable bonds is 5. The van der Waals surface area contributed by atoms with Gasteiger partial charge in [-0.1, -0.05) is 53.5 Å². The lowest BCUT2D eigenvalue weighted by Crippen LogP contribution is -2.18. The Bertz CT molecular complexity index is 1190. The van der Waals surface area contributed by atoms with Crippen molar-refractivity contribution in [3.63, 3.8) is 0 Å². The van der Waals surface area contributed by atoms with Gasteiger partial charge < -0.3 is 0 Å². The fraction of sp³-hybridized carbons (Fsp3) is 0. The summed E-state index contributed by atoms with van der Waals surface area (Å²) in [6, 6.07) is 21.9. The maximum absolute atomic E-state index is 12.6. The van der Waals surface area contributed by atoms with Crippen molar-refractivity contribution in [1.82, 2.24) is 15.0 Å². The molecule has 0 radical (unpaired) electrons. The third-order valence-electron chi connectivity index (χ3n) is 4.33. The van der Waals surface area contributed by atoms with E-state index < -0.39 is 11.8 Å². The lowest BCUT2D eigenvalue weighted by atomic mass is 10.2. The van der Waals surface area contributed by atoms with E-state index in [-0.39, 0.29) is 11.9 Å². The van der Waals surface area contributed by atoms with Crippen LogP contribution in [0.3, 0.4) is 0 Å². The first kappa shape index (κ1) is 21.4. The van der Waals surface area contributed by atoms with Gasteiger partial charge in [0.25, 0.3) is 11.8 Å². The number of nitrogens with one attached hydrogen (secondary N) is 2. The molecule has 0 atom stereocenters. The molecule has 0 saturated carbocycles. The molecule has 1 aromatic heterocycles. The van der Waals surface area contributed by atoms with Crippen LogP contribution in [-0.4, -0.2) is 26.8 Å². The van der Waals surface area contributed by atoms with E-state index in [2.05, 4.69) is 25.6 Å². The Morgan fingerprint density at radius 2 is 1.03 bits per heavy atom. The zero-order chi connectivity index (χ0) is 22.5. The zero-order valence-electron chi connectivity index (χ0n) is 16.4. The summed E-state index contributed by atoms with van der Waals surface area (Å²) in [5.74, 6) is -0.586. The summed E-state index contributed by atoms with van der Waals surface area (Å²) in [7, 11) is 0. The molecule has 0 aliphatic carbocycles. The predicted octanol–water partition coefficient (Wildman–Crippen LogP) is 5.35. The topological polar surface area (TPSA) is 96.9 Å². The van der Waals surface area contributed by atoms with Gasteiger partial charge in [-0.25, -0.2) is 0 Å². The zero-order valence-corrected chi connectivity index (χ0v) is 17.9. The second kappa shape index (κ2) is 9.55. The number of benzene rings is 3. The van der Waals surface area contributed by atoms with Gasteiger partial charge in [-0.2, -0.15) is 15.0 Å². The molecule has 0 bridgehead atoms. The van der Waals surface area contributed by atoms with E-state index in [1.807, 2.05) is 30.3 Å². The van der Waals surface area contributed by atoms with Gasteiger partial charge in [0, 0.05) is 26.7 Å². The van der Waals surface area contributed by atoms with Gasteiger partial charge in [0.05, 0.1) is 0 Å². The summed E-state index contributed by atoms with van der Waals surface area (Å²) < 4.78 is 0. The molecular formula is C23H15Cl2N5O2. The van der Waals surface area contributed by atoms with E-state index in [1.165, 1.54) is 0 Å². The van der Waals surface area contributed by atoms with Crippen molar-refractivity contribution in [2.24, 2.45) is 0 Å². The standard InChI is InChI=1S/C23H15Cl2N5O2/c24-17-10-6-15(7-11-17)20(31)28-22-26-19(14-4-2-1-3-5-14)27-23(30-22)29-21(32)16-8-12-18(25)13-9-16/h1-13H,(H2,26,27,28,29,30,31,32). The van der Waals surface area contributed by atoms with Crippen LogP contribution in [0.5, 0.6) is 0 Å². The van der Waals surface area contributed by atoms with Crippen molar-refractivity contribution in [2.45, 2.75) is 0 Å². The fourth-order valence-corrected chi connectivity index (χ4v) is 3.01. The van der Waals surface area contributed by atoms with Crippen LogP contribution in [-0.2, 0) is 0 Å². The second-order valence-electron chi connectivity index (χ2n) is 6.59. The molecule has 0 unspecified atom stereocenters. The largest absolute Gasteiger partial charge is 0.290 e. The lowest BCUT2D eigenvalue weighted by Gasteiger charge is -2.10. The summed E-state index contributed by atoms with van der Waals surface area (Å²) in [5.41, 5.74) is 1.45. The number of aromatic nitrogens is 3. The average molecular weight is 464 g/mol. The molecule has 158 valence electrons. The molecule has 2 amide bonds. The number of halogens is 2. The molecule has 2 N–H and O–H groups in total. The van der Waals surface area contributed by atoms with Gasteiger partial charge in [-0.05, 0) is 48.5 Å². The van der Waals surface area contributed by atoms with Crippen LogP contribution in [0.15, 0.2) is 78.9 Å². The Hall–Kier alpha value is -3.81. The molecule has 0 fully saturated rings. The molecular weight excluding hydrogens is 449 g/mol. The van der Waals surface area contributed by atoms with Crippen molar-refractivity contribution in [1.29, 1.82) is 0 Å². The molecule has 3 aromatic carbocycles. The van der Waals surface area contributed by atoms with Crippen LogP contribution < -0.4 is 10.6 Å². The highest BCUT2D eigenvalue weighted by atomic mass is 35.5. The first-order chi connectivity index (χ1) is 15.5. The number of carbonyl (C=O) groups excluding carboxylic acids is 2. The minimum Gasteiger partial charge on any atom is -0.290 e. The Morgan fingerprint density at radius 3 is 1.47 bits per heavy atom. The van der Waals surface area contributed by atoms with Crippen molar-refractivity contribution in [3.05, 3.63) is 100 Å². The first-order valence-corrected chi connectivity index (χ1v) is 10.2. The minimum absolute atomic E-state index is 0.00907. The molecule has 0 aliphatic rings. The normalized spacial score (nSPS) is 10.4. The molecule has 4 rings (SSSR count). The molecule has 0 spiro atoms. The SMILES string of the molecule is O=C(Nc1nc(NC(=O)c2ccc(Cl)cc2)nc(-c2ccccc2)n1)c1ccc(Cl)cc1. The molecule has 0 saturated heterocycles. The van der Waals surface area contributed by atoms with E-state index in [9.17, 15) is 9.59 Å². The molecule has 7 nitrogen and oxygen atoms in total. The van der Waals surface area contributed by atoms with Crippen molar-refractivity contribution in [2.75, 3.05) is 10.6 Å². The van der Waals surface area contributed by atoms with Crippen LogP contribution in [0.1, 0.15) is 20.7 Å². The second-order valence-corrected chi connectivity index (χ2v) is 7.47. The summed E-state index contributed by atoms with van der Waals surface area (Å²) in [6.45, 7) is 0. The van der Waals surface area contributed by atoms with Gasteiger partial charge >= 0.3 is 0 Å². The number of carbonyl (C=O) groups is 2. The lowest BCUT2D eigenvalue weighted by molar-refractivity contribution is 0.101. The van der Waals surface area contributed by atoms with Gasteiger partial charge in [-0.3, -0.25) is 20.2 Å². The summed E-state index contributed by atoms with van der Waals surface area (Å²) in [6.07, 6.45) is 0. The highest BCUT2D eigenvalue weighted by molar-refractivity contribution is 6.31. The van der Waals surface area contributed by atoms with Crippen LogP contribution in [0, 0.1) is 0 Å². The quantitative estimate of drug-likeness (QED) is 0.415. The first-order valence-electron chi connectivity index (χ1n) is 9.43. The van der Waals surface area contributed by atoms with E-state index in [0.29, 0.717) is 32.6 Å². The van der Waals surface area contributed by atoms with Crippen LogP contribution in [0.2, 0.25) is 10.0 Å². The third-order valence-corrected chi connectivity index (χ3v) is 4.83. The van der Waals surface area contributed by atoms with Crippen molar-refractivity contribution in [3.8, 4) is 11.4 Å². The number of hydrogen-bond donors (Lipinski definition) is 2. The maximum Gasteiger partial charge on any atom is 0.258 e. The summed E-state index contributed by atoms with van der Waals surface area (Å²) in [5, 5.41) is 6.30. The van der Waals surface area contributed by atoms with Crippen LogP contribution >= 0.6 is 23.2 Å². The Kier molecular flexibility index (Phi) is 6.39. The molecule has 32 heavy (non-hydrogen) atoms. The van der Waals surface area contributed by atoms with E-state index in [4.69, 9.17) is 23.2 Å². The Balaban J connectivity index is 1.65. The van der Waals surface area contributed by atoms with E-state index in [0.717, 1.165) is 0 Å². The Labute approximate surface area is 193 Å². The van der Waals surface area contributed by atoms with Gasteiger partial charge in [0.2, 0.25) is 11.9 Å². The molecule has 9 heteroatoms. The fourth-order valence-electron chi connectivity index (χ4n) is 2.75. The number of hydrogen-bond acceptors (Lipinski definition) is 5. The minimum atomic E-state index is -0.429. The van der Waals surface area contributed by atoms with E-state index >= 15 is 0 Å². The third kappa shape index (κ3) is 5.26.